The zero-order valence-electron chi connectivity index (χ0n) is 11.3. The Morgan fingerprint density at radius 1 is 1.28 bits per heavy atom. The number of ether oxygens (including phenoxy) is 1. The molecule has 0 aromatic rings. The molecule has 0 aliphatic heterocycles. The van der Waals surface area contributed by atoms with Crippen molar-refractivity contribution in [3.8, 4) is 0 Å². The molecule has 98 valence electrons. The Hall–Kier alpha value is -0.790. The molecule has 0 saturated heterocycles. The van der Waals surface area contributed by atoms with E-state index in [2.05, 4.69) is 12.2 Å². The van der Waals surface area contributed by atoms with E-state index in [1.807, 2.05) is 13.8 Å². The monoisotopic (exact) mass is 246 g/mol. The van der Waals surface area contributed by atoms with E-state index in [9.17, 15) is 4.79 Å². The summed E-state index contributed by atoms with van der Waals surface area (Å²) >= 11 is 0. The number of fused-ring (bicyclic) bond motifs is 9. The lowest BCUT2D eigenvalue weighted by atomic mass is 9.61. The van der Waals surface area contributed by atoms with Gasteiger partial charge in [0.25, 0.3) is 0 Å². The lowest BCUT2D eigenvalue weighted by Gasteiger charge is -2.43. The average Bonchev–Trinajstić information content (AvgIpc) is 3.06. The Kier molecular flexibility index (Phi) is 2.09. The van der Waals surface area contributed by atoms with E-state index in [1.54, 1.807) is 0 Å². The molecule has 3 fully saturated rings. The summed E-state index contributed by atoms with van der Waals surface area (Å²) in [6.07, 6.45) is 9.83. The zero-order chi connectivity index (χ0) is 12.5. The van der Waals surface area contributed by atoms with Gasteiger partial charge in [0.1, 0.15) is 0 Å². The predicted molar refractivity (Wildman–Crippen MR) is 68.7 cm³/mol. The molecule has 4 bridgehead atoms. The third-order valence-electron chi connectivity index (χ3n) is 6.10. The molecule has 4 rings (SSSR count). The van der Waals surface area contributed by atoms with Crippen molar-refractivity contribution in [1.29, 1.82) is 0 Å². The van der Waals surface area contributed by atoms with Gasteiger partial charge in [0.2, 0.25) is 0 Å². The summed E-state index contributed by atoms with van der Waals surface area (Å²) < 4.78 is 5.67. The summed E-state index contributed by atoms with van der Waals surface area (Å²) in [5.74, 6) is 3.30. The molecule has 6 atom stereocenters. The highest BCUT2D eigenvalue weighted by Crippen LogP contribution is 2.72. The van der Waals surface area contributed by atoms with Crippen LogP contribution in [0, 0.1) is 35.0 Å². The minimum Gasteiger partial charge on any atom is -0.463 e. The molecular formula is C16H22O2. The Balaban J connectivity index is 1.76. The van der Waals surface area contributed by atoms with Gasteiger partial charge in [-0.25, -0.2) is 0 Å². The molecule has 0 spiro atoms. The van der Waals surface area contributed by atoms with Crippen molar-refractivity contribution in [2.24, 2.45) is 35.0 Å². The van der Waals surface area contributed by atoms with Crippen LogP contribution in [0.1, 0.15) is 39.5 Å². The van der Waals surface area contributed by atoms with Crippen LogP contribution in [0.4, 0.5) is 0 Å². The molecule has 0 N–H and O–H groups in total. The van der Waals surface area contributed by atoms with Crippen LogP contribution in [-0.4, -0.2) is 12.1 Å². The van der Waals surface area contributed by atoms with Gasteiger partial charge in [-0.05, 0) is 69.1 Å². The first-order valence-corrected chi connectivity index (χ1v) is 7.53. The second-order valence-electron chi connectivity index (χ2n) is 7.07. The van der Waals surface area contributed by atoms with Crippen molar-refractivity contribution in [2.45, 2.75) is 45.6 Å². The normalized spacial score (nSPS) is 51.2. The molecule has 2 nitrogen and oxygen atoms in total. The van der Waals surface area contributed by atoms with Gasteiger partial charge < -0.3 is 4.74 Å². The van der Waals surface area contributed by atoms with E-state index in [0.717, 1.165) is 5.92 Å². The number of carbonyl (C=O) groups is 1. The van der Waals surface area contributed by atoms with Gasteiger partial charge in [-0.1, -0.05) is 12.2 Å². The van der Waals surface area contributed by atoms with E-state index in [0.29, 0.717) is 23.7 Å². The fraction of sp³-hybridized carbons (Fsp3) is 0.812. The maximum Gasteiger partial charge on any atom is 0.313 e. The number of carbonyl (C=O) groups excluding carboxylic acids is 1. The molecule has 2 heteroatoms. The smallest absolute Gasteiger partial charge is 0.313 e. The SMILES string of the molecule is CC(C)OC(=O)C12C3C=CC(C3)C1C1CCC2C1. The molecule has 6 unspecified atom stereocenters. The van der Waals surface area contributed by atoms with Crippen molar-refractivity contribution < 1.29 is 9.53 Å². The highest BCUT2D eigenvalue weighted by atomic mass is 16.5. The van der Waals surface area contributed by atoms with Gasteiger partial charge in [-0.15, -0.1) is 0 Å². The van der Waals surface area contributed by atoms with Crippen molar-refractivity contribution in [3.05, 3.63) is 12.2 Å². The predicted octanol–water partition coefficient (Wildman–Crippen LogP) is 3.18. The number of hydrogen-bond donors (Lipinski definition) is 0. The first kappa shape index (κ1) is 11.1. The molecule has 0 aromatic heterocycles. The van der Waals surface area contributed by atoms with Gasteiger partial charge >= 0.3 is 5.97 Å². The summed E-state index contributed by atoms with van der Waals surface area (Å²) in [5, 5.41) is 0. The zero-order valence-corrected chi connectivity index (χ0v) is 11.3. The second kappa shape index (κ2) is 3.40. The number of rotatable bonds is 2. The van der Waals surface area contributed by atoms with Crippen LogP contribution < -0.4 is 0 Å². The van der Waals surface area contributed by atoms with Crippen LogP contribution in [-0.2, 0) is 9.53 Å². The van der Waals surface area contributed by atoms with Gasteiger partial charge in [-0.2, -0.15) is 0 Å². The molecule has 0 radical (unpaired) electrons. The van der Waals surface area contributed by atoms with Crippen LogP contribution >= 0.6 is 0 Å². The van der Waals surface area contributed by atoms with Crippen molar-refractivity contribution in [2.75, 3.05) is 0 Å². The van der Waals surface area contributed by atoms with E-state index < -0.39 is 0 Å². The fourth-order valence-corrected chi connectivity index (χ4v) is 5.81. The molecule has 3 saturated carbocycles. The molecular weight excluding hydrogens is 224 g/mol. The van der Waals surface area contributed by atoms with Crippen LogP contribution in [0.2, 0.25) is 0 Å². The maximum atomic E-state index is 12.8. The molecule has 0 aromatic carbocycles. The first-order chi connectivity index (χ1) is 8.64. The second-order valence-corrected chi connectivity index (χ2v) is 7.07. The Morgan fingerprint density at radius 2 is 2.11 bits per heavy atom. The summed E-state index contributed by atoms with van der Waals surface area (Å²) in [4.78, 5) is 12.8. The van der Waals surface area contributed by atoms with Gasteiger partial charge in [0.15, 0.2) is 0 Å². The van der Waals surface area contributed by atoms with Crippen LogP contribution in [0.3, 0.4) is 0 Å². The van der Waals surface area contributed by atoms with E-state index in [4.69, 9.17) is 4.74 Å². The fourth-order valence-electron chi connectivity index (χ4n) is 5.81. The van der Waals surface area contributed by atoms with Gasteiger partial charge in [0, 0.05) is 0 Å². The van der Waals surface area contributed by atoms with E-state index in [1.165, 1.54) is 25.7 Å². The number of hydrogen-bond acceptors (Lipinski definition) is 2. The van der Waals surface area contributed by atoms with Crippen LogP contribution in [0.25, 0.3) is 0 Å². The van der Waals surface area contributed by atoms with Crippen molar-refractivity contribution in [1.82, 2.24) is 0 Å². The topological polar surface area (TPSA) is 26.3 Å². The van der Waals surface area contributed by atoms with Crippen LogP contribution in [0.5, 0.6) is 0 Å². The highest BCUT2D eigenvalue weighted by Gasteiger charge is 2.71. The van der Waals surface area contributed by atoms with Crippen molar-refractivity contribution in [3.63, 3.8) is 0 Å². The summed E-state index contributed by atoms with van der Waals surface area (Å²) in [6.45, 7) is 3.94. The van der Waals surface area contributed by atoms with Crippen LogP contribution in [0.15, 0.2) is 12.2 Å². The molecule has 4 aliphatic rings. The maximum absolute atomic E-state index is 12.8. The van der Waals surface area contributed by atoms with E-state index >= 15 is 0 Å². The average molecular weight is 246 g/mol. The summed E-state index contributed by atoms with van der Waals surface area (Å²) in [7, 11) is 0. The van der Waals surface area contributed by atoms with Gasteiger partial charge in [0.05, 0.1) is 11.5 Å². The molecule has 0 amide bonds. The largest absolute Gasteiger partial charge is 0.463 e. The number of esters is 1. The Labute approximate surface area is 109 Å². The Morgan fingerprint density at radius 3 is 2.89 bits per heavy atom. The first-order valence-electron chi connectivity index (χ1n) is 7.53. The minimum atomic E-state index is -0.118. The highest BCUT2D eigenvalue weighted by molar-refractivity contribution is 5.81. The lowest BCUT2D eigenvalue weighted by molar-refractivity contribution is -0.169. The molecule has 18 heavy (non-hydrogen) atoms. The minimum absolute atomic E-state index is 0.0229. The number of allylic oxidation sites excluding steroid dienone is 2. The third kappa shape index (κ3) is 1.08. The lowest BCUT2D eigenvalue weighted by Crippen LogP contribution is -2.48. The molecule has 0 heterocycles. The van der Waals surface area contributed by atoms with Gasteiger partial charge in [-0.3, -0.25) is 4.79 Å². The Bertz CT molecular complexity index is 425. The van der Waals surface area contributed by atoms with Crippen molar-refractivity contribution >= 4 is 5.97 Å². The standard InChI is InChI=1S/C16H22O2/c1-9(2)18-15(17)16-12-5-3-10(7-12)14(16)11-4-6-13(16)8-11/h3,5,9-14H,4,6-8H2,1-2H3. The molecule has 4 aliphatic carbocycles. The summed E-state index contributed by atoms with van der Waals surface area (Å²) in [5.41, 5.74) is -0.118. The third-order valence-corrected chi connectivity index (χ3v) is 6.10. The quantitative estimate of drug-likeness (QED) is 0.425. The summed E-state index contributed by atoms with van der Waals surface area (Å²) in [6, 6.07) is 0. The van der Waals surface area contributed by atoms with E-state index in [-0.39, 0.29) is 17.5 Å².